The molecule has 20 heavy (non-hydrogen) atoms. The molecule has 1 amide bonds. The fourth-order valence-electron chi connectivity index (χ4n) is 2.12. The zero-order valence-corrected chi connectivity index (χ0v) is 12.6. The van der Waals surface area contributed by atoms with E-state index in [9.17, 15) is 4.79 Å². The van der Waals surface area contributed by atoms with E-state index in [1.807, 2.05) is 6.92 Å². The van der Waals surface area contributed by atoms with Crippen molar-refractivity contribution in [3.8, 4) is 0 Å². The van der Waals surface area contributed by atoms with Gasteiger partial charge in [0, 0.05) is 19.3 Å². The number of halogens is 1. The van der Waals surface area contributed by atoms with Crippen LogP contribution in [0.25, 0.3) is 0 Å². The van der Waals surface area contributed by atoms with Crippen LogP contribution in [0, 0.1) is 0 Å². The Labute approximate surface area is 124 Å². The van der Waals surface area contributed by atoms with Crippen LogP contribution in [0.2, 0.25) is 5.02 Å². The third-order valence-corrected chi connectivity index (χ3v) is 3.55. The first-order valence-corrected chi connectivity index (χ1v) is 7.29. The Hall–Kier alpha value is -1.33. The van der Waals surface area contributed by atoms with E-state index in [0.29, 0.717) is 36.2 Å². The summed E-state index contributed by atoms with van der Waals surface area (Å²) in [6, 6.07) is 1.75. The fraction of sp³-hybridized carbons (Fsp3) is 0.571. The highest BCUT2D eigenvalue weighted by Gasteiger charge is 2.25. The second-order valence-corrected chi connectivity index (χ2v) is 5.31. The fourth-order valence-corrected chi connectivity index (χ4v) is 2.36. The highest BCUT2D eigenvalue weighted by atomic mass is 35.5. The molecule has 2 heterocycles. The van der Waals surface area contributed by atoms with Gasteiger partial charge in [-0.05, 0) is 19.4 Å². The van der Waals surface area contributed by atoms with Crippen molar-refractivity contribution in [2.24, 2.45) is 0 Å². The maximum atomic E-state index is 12.4. The third-order valence-electron chi connectivity index (χ3n) is 3.26. The highest BCUT2D eigenvalue weighted by Crippen LogP contribution is 2.21. The van der Waals surface area contributed by atoms with Crippen molar-refractivity contribution in [1.29, 1.82) is 0 Å². The first-order chi connectivity index (χ1) is 9.63. The average Bonchev–Trinajstić information content (AvgIpc) is 2.46. The van der Waals surface area contributed by atoms with Crippen molar-refractivity contribution in [3.63, 3.8) is 0 Å². The largest absolute Gasteiger partial charge is 0.377 e. The molecule has 1 N–H and O–H groups in total. The number of hydrogen-bond acceptors (Lipinski definition) is 4. The van der Waals surface area contributed by atoms with Crippen LogP contribution >= 0.6 is 11.6 Å². The molecule has 0 radical (unpaired) electrons. The first kappa shape index (κ1) is 15.1. The molecule has 1 saturated heterocycles. The predicted molar refractivity (Wildman–Crippen MR) is 79.3 cm³/mol. The number of morpholine rings is 1. The predicted octanol–water partition coefficient (Wildman–Crippen LogP) is 2.42. The molecule has 1 aromatic rings. The van der Waals surface area contributed by atoms with Gasteiger partial charge in [-0.15, -0.1) is 0 Å². The number of aromatic nitrogens is 1. The minimum absolute atomic E-state index is 0.0442. The number of anilines is 1. The molecule has 1 fully saturated rings. The summed E-state index contributed by atoms with van der Waals surface area (Å²) in [5.41, 5.74) is 0.519. The normalized spacial score (nSPS) is 18.9. The van der Waals surface area contributed by atoms with Crippen LogP contribution in [-0.4, -0.2) is 48.1 Å². The lowest BCUT2D eigenvalue weighted by Crippen LogP contribution is -2.47. The van der Waals surface area contributed by atoms with Gasteiger partial charge in [0.15, 0.2) is 0 Å². The standard InChI is InChI=1S/C14H20ClN3O2/c1-3-4-16-13-12(15)7-11(8-17-13)14(19)18-5-6-20-9-10(18)2/h7-8,10H,3-6,9H2,1-2H3,(H,16,17). The monoisotopic (exact) mass is 297 g/mol. The number of rotatable bonds is 4. The number of carbonyl (C=O) groups is 1. The number of hydrogen-bond donors (Lipinski definition) is 1. The Morgan fingerprint density at radius 1 is 1.65 bits per heavy atom. The zero-order valence-electron chi connectivity index (χ0n) is 11.9. The van der Waals surface area contributed by atoms with E-state index in [4.69, 9.17) is 16.3 Å². The number of ether oxygens (including phenoxy) is 1. The maximum absolute atomic E-state index is 12.4. The van der Waals surface area contributed by atoms with E-state index in [2.05, 4.69) is 17.2 Å². The van der Waals surface area contributed by atoms with Gasteiger partial charge >= 0.3 is 0 Å². The molecule has 0 spiro atoms. The lowest BCUT2D eigenvalue weighted by molar-refractivity contribution is 0.00357. The van der Waals surface area contributed by atoms with Crippen molar-refractivity contribution >= 4 is 23.3 Å². The second kappa shape index (κ2) is 6.90. The highest BCUT2D eigenvalue weighted by molar-refractivity contribution is 6.33. The molecule has 0 aromatic carbocycles. The van der Waals surface area contributed by atoms with Crippen molar-refractivity contribution in [2.45, 2.75) is 26.3 Å². The van der Waals surface area contributed by atoms with Crippen molar-refractivity contribution in [3.05, 3.63) is 22.8 Å². The summed E-state index contributed by atoms with van der Waals surface area (Å²) in [5.74, 6) is 0.581. The van der Waals surface area contributed by atoms with E-state index in [1.54, 1.807) is 17.2 Å². The molecular weight excluding hydrogens is 278 g/mol. The van der Waals surface area contributed by atoms with Crippen LogP contribution in [0.1, 0.15) is 30.6 Å². The van der Waals surface area contributed by atoms with Gasteiger partial charge in [-0.3, -0.25) is 4.79 Å². The SMILES string of the molecule is CCCNc1ncc(C(=O)N2CCOCC2C)cc1Cl. The summed E-state index contributed by atoms with van der Waals surface area (Å²) in [5, 5.41) is 3.61. The van der Waals surface area contributed by atoms with Gasteiger partial charge in [0.05, 0.1) is 29.8 Å². The van der Waals surface area contributed by atoms with Crippen LogP contribution in [0.15, 0.2) is 12.3 Å². The second-order valence-electron chi connectivity index (χ2n) is 4.90. The Balaban J connectivity index is 2.12. The van der Waals surface area contributed by atoms with Gasteiger partial charge in [0.1, 0.15) is 5.82 Å². The summed E-state index contributed by atoms with van der Waals surface area (Å²) < 4.78 is 5.34. The van der Waals surface area contributed by atoms with E-state index in [0.717, 1.165) is 13.0 Å². The third kappa shape index (κ3) is 3.41. The van der Waals surface area contributed by atoms with Crippen LogP contribution < -0.4 is 5.32 Å². The van der Waals surface area contributed by atoms with Gasteiger partial charge in [0.25, 0.3) is 5.91 Å². The van der Waals surface area contributed by atoms with Crippen molar-refractivity contribution in [1.82, 2.24) is 9.88 Å². The number of nitrogens with one attached hydrogen (secondary N) is 1. The molecule has 1 aliphatic heterocycles. The topological polar surface area (TPSA) is 54.5 Å². The van der Waals surface area contributed by atoms with Crippen LogP contribution in [-0.2, 0) is 4.74 Å². The summed E-state index contributed by atoms with van der Waals surface area (Å²) >= 11 is 6.16. The van der Waals surface area contributed by atoms with Crippen LogP contribution in [0.5, 0.6) is 0 Å². The minimum atomic E-state index is -0.0442. The molecule has 6 heteroatoms. The molecular formula is C14H20ClN3O2. The number of amides is 1. The van der Waals surface area contributed by atoms with Gasteiger partial charge < -0.3 is 15.0 Å². The molecule has 1 aliphatic rings. The lowest BCUT2D eigenvalue weighted by atomic mass is 10.2. The molecule has 5 nitrogen and oxygen atoms in total. The zero-order chi connectivity index (χ0) is 14.5. The van der Waals surface area contributed by atoms with E-state index >= 15 is 0 Å². The Kier molecular flexibility index (Phi) is 5.20. The van der Waals surface area contributed by atoms with E-state index < -0.39 is 0 Å². The van der Waals surface area contributed by atoms with Gasteiger partial charge in [0.2, 0.25) is 0 Å². The van der Waals surface area contributed by atoms with Gasteiger partial charge in [-0.1, -0.05) is 18.5 Å². The Morgan fingerprint density at radius 3 is 3.10 bits per heavy atom. The summed E-state index contributed by atoms with van der Waals surface area (Å²) in [6.45, 7) is 6.60. The lowest BCUT2D eigenvalue weighted by Gasteiger charge is -2.33. The molecule has 1 aromatic heterocycles. The number of carbonyl (C=O) groups excluding carboxylic acids is 1. The minimum Gasteiger partial charge on any atom is -0.377 e. The Morgan fingerprint density at radius 2 is 2.45 bits per heavy atom. The number of pyridine rings is 1. The summed E-state index contributed by atoms with van der Waals surface area (Å²) in [6.07, 6.45) is 2.57. The van der Waals surface area contributed by atoms with Crippen LogP contribution in [0.4, 0.5) is 5.82 Å². The van der Waals surface area contributed by atoms with E-state index in [-0.39, 0.29) is 11.9 Å². The molecule has 0 saturated carbocycles. The molecule has 1 atom stereocenters. The first-order valence-electron chi connectivity index (χ1n) is 6.91. The van der Waals surface area contributed by atoms with Crippen molar-refractivity contribution < 1.29 is 9.53 Å². The Bertz CT molecular complexity index is 481. The maximum Gasteiger partial charge on any atom is 0.255 e. The van der Waals surface area contributed by atoms with Gasteiger partial charge in [-0.25, -0.2) is 4.98 Å². The number of nitrogens with zero attached hydrogens (tertiary/aromatic N) is 2. The smallest absolute Gasteiger partial charge is 0.255 e. The van der Waals surface area contributed by atoms with Crippen LogP contribution in [0.3, 0.4) is 0 Å². The average molecular weight is 298 g/mol. The van der Waals surface area contributed by atoms with Crippen molar-refractivity contribution in [2.75, 3.05) is 31.6 Å². The molecule has 110 valence electrons. The molecule has 0 aliphatic carbocycles. The van der Waals surface area contributed by atoms with E-state index in [1.165, 1.54) is 0 Å². The summed E-state index contributed by atoms with van der Waals surface area (Å²) in [7, 11) is 0. The quantitative estimate of drug-likeness (QED) is 0.927. The summed E-state index contributed by atoms with van der Waals surface area (Å²) in [4.78, 5) is 18.5. The molecule has 1 unspecified atom stereocenters. The molecule has 2 rings (SSSR count). The van der Waals surface area contributed by atoms with Gasteiger partial charge in [-0.2, -0.15) is 0 Å². The molecule has 0 bridgehead atoms.